The number of rotatable bonds is 5. The summed E-state index contributed by atoms with van der Waals surface area (Å²) in [5.41, 5.74) is 0. The quantitative estimate of drug-likeness (QED) is 0.392. The molecular weight excluding hydrogens is 184 g/mol. The van der Waals surface area contributed by atoms with Gasteiger partial charge in [-0.15, -0.1) is 0 Å². The largest absolute Gasteiger partial charge is 0.427 e. The highest BCUT2D eigenvalue weighted by Gasteiger charge is 2.19. The molecule has 0 aliphatic carbocycles. The molecule has 4 heteroatoms. The molecule has 0 fully saturated rings. The third-order valence-electron chi connectivity index (χ3n) is 2.37. The Bertz CT molecular complexity index is 92.9. The van der Waals surface area contributed by atoms with Crippen LogP contribution >= 0.6 is 0 Å². The second kappa shape index (κ2) is 10.2. The summed E-state index contributed by atoms with van der Waals surface area (Å²) < 4.78 is 5.23. The van der Waals surface area contributed by atoms with Crippen LogP contribution in [-0.4, -0.2) is 31.1 Å². The molecule has 0 aliphatic heterocycles. The van der Waals surface area contributed by atoms with E-state index in [2.05, 4.69) is 30.5 Å². The van der Waals surface area contributed by atoms with Crippen LogP contribution in [0.2, 0.25) is 5.04 Å². The number of hydrogen-bond acceptors (Lipinski definition) is 3. The molecule has 0 unspecified atom stereocenters. The summed E-state index contributed by atoms with van der Waals surface area (Å²) in [6.07, 6.45) is 2.53. The molecule has 0 aliphatic rings. The van der Waals surface area contributed by atoms with Crippen molar-refractivity contribution in [3.8, 4) is 0 Å². The molecule has 0 aromatic heterocycles. The van der Waals surface area contributed by atoms with Crippen molar-refractivity contribution in [2.45, 2.75) is 38.7 Å². The highest BCUT2D eigenvalue weighted by molar-refractivity contribution is 6.31. The molecule has 0 rings (SSSR count). The second-order valence-electron chi connectivity index (χ2n) is 3.28. The van der Waals surface area contributed by atoms with Gasteiger partial charge in [0.15, 0.2) is 9.76 Å². The summed E-state index contributed by atoms with van der Waals surface area (Å²) in [4.78, 5) is 8.08. The maximum absolute atomic E-state index is 5.23. The lowest BCUT2D eigenvalue weighted by molar-refractivity contribution is -0.248. The average Bonchev–Trinajstić information content (AvgIpc) is 2.18. The molecule has 0 spiro atoms. The van der Waals surface area contributed by atoms with Crippen molar-refractivity contribution in [1.29, 1.82) is 0 Å². The van der Waals surface area contributed by atoms with Gasteiger partial charge in [-0.3, -0.25) is 0 Å². The molecule has 0 aromatic carbocycles. The van der Waals surface area contributed by atoms with Crippen LogP contribution in [0, 0.1) is 0 Å². The van der Waals surface area contributed by atoms with Crippen molar-refractivity contribution in [1.82, 2.24) is 0 Å². The average molecular weight is 208 g/mol. The van der Waals surface area contributed by atoms with E-state index in [0.717, 1.165) is 0 Å². The molecule has 3 nitrogen and oxygen atoms in total. The molecule has 0 N–H and O–H groups in total. The fourth-order valence-electron chi connectivity index (χ4n) is 0.803. The Morgan fingerprint density at radius 3 is 1.46 bits per heavy atom. The van der Waals surface area contributed by atoms with E-state index in [1.807, 2.05) is 7.11 Å². The van der Waals surface area contributed by atoms with Gasteiger partial charge >= 0.3 is 0 Å². The molecule has 0 saturated heterocycles. The minimum atomic E-state index is -0.261. The summed E-state index contributed by atoms with van der Waals surface area (Å²) >= 11 is 0. The Morgan fingerprint density at radius 2 is 1.38 bits per heavy atom. The van der Waals surface area contributed by atoms with Crippen LogP contribution < -0.4 is 0 Å². The van der Waals surface area contributed by atoms with Crippen molar-refractivity contribution in [3.63, 3.8) is 0 Å². The molecule has 0 saturated carbocycles. The van der Waals surface area contributed by atoms with Gasteiger partial charge in [0.2, 0.25) is 0 Å². The lowest BCUT2D eigenvalue weighted by Gasteiger charge is -2.24. The monoisotopic (exact) mass is 208 g/mol. The van der Waals surface area contributed by atoms with E-state index in [9.17, 15) is 0 Å². The van der Waals surface area contributed by atoms with E-state index in [4.69, 9.17) is 4.43 Å². The van der Waals surface area contributed by atoms with Crippen LogP contribution in [0.4, 0.5) is 0 Å². The molecule has 0 aromatic rings. The van der Waals surface area contributed by atoms with Gasteiger partial charge < -0.3 is 4.43 Å². The molecule has 13 heavy (non-hydrogen) atoms. The van der Waals surface area contributed by atoms with Crippen molar-refractivity contribution in [2.24, 2.45) is 0 Å². The fourth-order valence-corrected chi connectivity index (χ4v) is 1.91. The van der Waals surface area contributed by atoms with Crippen molar-refractivity contribution in [2.75, 3.05) is 21.3 Å². The Hall–Kier alpha value is 0.0969. The van der Waals surface area contributed by atoms with Crippen LogP contribution in [-0.2, 0) is 14.2 Å². The van der Waals surface area contributed by atoms with Crippen LogP contribution in [0.3, 0.4) is 0 Å². The first-order valence-electron chi connectivity index (χ1n) is 4.65. The maximum Gasteiger partial charge on any atom is 0.166 e. The summed E-state index contributed by atoms with van der Waals surface area (Å²) in [5.74, 6) is 0. The molecule has 0 bridgehead atoms. The smallest absolute Gasteiger partial charge is 0.166 e. The standard InChI is InChI=1S/C7H18OSi.C2H6O2/c1-5-7(3,6-2)9-8-4;1-3-4-2/h5-6,9H2,1-4H3;1-2H3. The van der Waals surface area contributed by atoms with E-state index in [1.165, 1.54) is 27.1 Å². The minimum Gasteiger partial charge on any atom is -0.427 e. The molecule has 0 amide bonds. The van der Waals surface area contributed by atoms with Gasteiger partial charge in [0.1, 0.15) is 0 Å². The van der Waals surface area contributed by atoms with E-state index in [-0.39, 0.29) is 9.76 Å². The SMILES string of the molecule is CCC(C)(CC)[SiH2]OC.COOC. The predicted octanol–water partition coefficient (Wildman–Crippen LogP) is 1.91. The Labute approximate surface area is 84.6 Å². The fraction of sp³-hybridized carbons (Fsp3) is 1.00. The van der Waals surface area contributed by atoms with Gasteiger partial charge in [-0.2, -0.15) is 0 Å². The van der Waals surface area contributed by atoms with Crippen LogP contribution in [0.1, 0.15) is 33.6 Å². The van der Waals surface area contributed by atoms with Gasteiger partial charge in [0.25, 0.3) is 0 Å². The van der Waals surface area contributed by atoms with Crippen LogP contribution in [0.15, 0.2) is 0 Å². The van der Waals surface area contributed by atoms with Crippen LogP contribution in [0.5, 0.6) is 0 Å². The Morgan fingerprint density at radius 1 is 1.00 bits per heavy atom. The predicted molar refractivity (Wildman–Crippen MR) is 58.5 cm³/mol. The highest BCUT2D eigenvalue weighted by Crippen LogP contribution is 2.31. The van der Waals surface area contributed by atoms with Crippen molar-refractivity contribution < 1.29 is 14.2 Å². The Balaban J connectivity index is 0. The van der Waals surface area contributed by atoms with Gasteiger partial charge in [0.05, 0.1) is 14.2 Å². The molecule has 0 radical (unpaired) electrons. The van der Waals surface area contributed by atoms with Crippen molar-refractivity contribution in [3.05, 3.63) is 0 Å². The third kappa shape index (κ3) is 10.0. The maximum atomic E-state index is 5.23. The first-order valence-corrected chi connectivity index (χ1v) is 5.94. The van der Waals surface area contributed by atoms with Crippen LogP contribution in [0.25, 0.3) is 0 Å². The third-order valence-corrected chi connectivity index (χ3v) is 4.35. The molecule has 0 atom stereocenters. The highest BCUT2D eigenvalue weighted by atomic mass is 28.2. The van der Waals surface area contributed by atoms with Gasteiger partial charge in [-0.25, -0.2) is 9.78 Å². The number of hydrogen-bond donors (Lipinski definition) is 0. The van der Waals surface area contributed by atoms with E-state index in [1.54, 1.807) is 0 Å². The van der Waals surface area contributed by atoms with Gasteiger partial charge in [-0.05, 0) is 5.04 Å². The first kappa shape index (κ1) is 15.6. The molecule has 0 heterocycles. The molecule has 82 valence electrons. The van der Waals surface area contributed by atoms with Gasteiger partial charge in [0, 0.05) is 7.11 Å². The first-order chi connectivity index (χ1) is 6.10. The lowest BCUT2D eigenvalue weighted by Crippen LogP contribution is -2.16. The lowest BCUT2D eigenvalue weighted by atomic mass is 10.1. The Kier molecular flexibility index (Phi) is 12.2. The zero-order valence-electron chi connectivity index (χ0n) is 9.85. The zero-order chi connectivity index (χ0) is 10.7. The van der Waals surface area contributed by atoms with E-state index in [0.29, 0.717) is 5.04 Å². The van der Waals surface area contributed by atoms with Crippen molar-refractivity contribution >= 4 is 9.76 Å². The van der Waals surface area contributed by atoms with E-state index < -0.39 is 0 Å². The topological polar surface area (TPSA) is 27.7 Å². The summed E-state index contributed by atoms with van der Waals surface area (Å²) in [6.45, 7) is 6.81. The minimum absolute atomic E-state index is 0.261. The second-order valence-corrected chi connectivity index (χ2v) is 5.86. The normalized spacial score (nSPS) is 11.5. The van der Waals surface area contributed by atoms with Gasteiger partial charge in [-0.1, -0.05) is 33.6 Å². The summed E-state index contributed by atoms with van der Waals surface area (Å²) in [5, 5.41) is 0.550. The van der Waals surface area contributed by atoms with E-state index >= 15 is 0 Å². The molecular formula is C9H24O3Si. The zero-order valence-corrected chi connectivity index (χ0v) is 11.3. The summed E-state index contributed by atoms with van der Waals surface area (Å²) in [7, 11) is 4.49. The summed E-state index contributed by atoms with van der Waals surface area (Å²) in [6, 6.07) is 0.